The van der Waals surface area contributed by atoms with Crippen molar-refractivity contribution in [1.29, 1.82) is 0 Å². The summed E-state index contributed by atoms with van der Waals surface area (Å²) in [5.74, 6) is -0.0149. The Morgan fingerprint density at radius 2 is 2.24 bits per heavy atom. The van der Waals surface area contributed by atoms with Gasteiger partial charge in [0, 0.05) is 6.42 Å². The maximum atomic E-state index is 11.3. The second kappa shape index (κ2) is 6.10. The summed E-state index contributed by atoms with van der Waals surface area (Å²) >= 11 is 0. The zero-order valence-corrected chi connectivity index (χ0v) is 9.97. The number of carbonyl (C=O) groups is 1. The first kappa shape index (κ1) is 13.3. The topological polar surface area (TPSA) is 81.8 Å². The number of ether oxygens (including phenoxy) is 2. The maximum absolute atomic E-state index is 11.3. The van der Waals surface area contributed by atoms with Gasteiger partial charge in [0.1, 0.15) is 5.75 Å². The van der Waals surface area contributed by atoms with E-state index in [0.29, 0.717) is 30.0 Å². The first-order valence-corrected chi connectivity index (χ1v) is 5.33. The van der Waals surface area contributed by atoms with Crippen molar-refractivity contribution >= 4 is 11.7 Å². The van der Waals surface area contributed by atoms with Crippen molar-refractivity contribution < 1.29 is 19.4 Å². The Hall–Kier alpha value is -1.75. The van der Waals surface area contributed by atoms with Crippen molar-refractivity contribution in [2.45, 2.75) is 19.4 Å². The molecule has 0 aliphatic heterocycles. The fourth-order valence-electron chi connectivity index (χ4n) is 1.24. The lowest BCUT2D eigenvalue weighted by atomic mass is 10.2. The molecule has 5 nitrogen and oxygen atoms in total. The van der Waals surface area contributed by atoms with E-state index in [9.17, 15) is 4.79 Å². The molecule has 1 rings (SSSR count). The third-order valence-corrected chi connectivity index (χ3v) is 2.23. The number of benzene rings is 1. The SMILES string of the molecule is COC(=O)c1ccc(N)c(OCCC(C)O)c1. The highest BCUT2D eigenvalue weighted by Gasteiger charge is 2.09. The van der Waals surface area contributed by atoms with Crippen LogP contribution in [-0.2, 0) is 4.74 Å². The molecule has 94 valence electrons. The molecule has 1 unspecified atom stereocenters. The molecule has 1 aromatic carbocycles. The summed E-state index contributed by atoms with van der Waals surface area (Å²) in [5.41, 5.74) is 6.54. The van der Waals surface area contributed by atoms with Crippen molar-refractivity contribution in [2.24, 2.45) is 0 Å². The fraction of sp³-hybridized carbons (Fsp3) is 0.417. The molecule has 0 spiro atoms. The molecule has 0 amide bonds. The molecule has 5 heteroatoms. The highest BCUT2D eigenvalue weighted by Crippen LogP contribution is 2.23. The van der Waals surface area contributed by atoms with Gasteiger partial charge in [0.25, 0.3) is 0 Å². The summed E-state index contributed by atoms with van der Waals surface area (Å²) in [6.45, 7) is 2.02. The van der Waals surface area contributed by atoms with Crippen LogP contribution in [0.1, 0.15) is 23.7 Å². The van der Waals surface area contributed by atoms with Crippen LogP contribution in [0, 0.1) is 0 Å². The fourth-order valence-corrected chi connectivity index (χ4v) is 1.24. The first-order chi connectivity index (χ1) is 8.04. The minimum absolute atomic E-state index is 0.340. The molecule has 0 saturated heterocycles. The van der Waals surface area contributed by atoms with Crippen LogP contribution in [0.5, 0.6) is 5.75 Å². The van der Waals surface area contributed by atoms with Crippen LogP contribution < -0.4 is 10.5 Å². The molecule has 0 aromatic heterocycles. The van der Waals surface area contributed by atoms with Crippen molar-refractivity contribution in [3.63, 3.8) is 0 Å². The number of hydrogen-bond donors (Lipinski definition) is 2. The summed E-state index contributed by atoms with van der Waals surface area (Å²) in [6.07, 6.45) is 0.0713. The van der Waals surface area contributed by atoms with Gasteiger partial charge in [-0.25, -0.2) is 4.79 Å². The van der Waals surface area contributed by atoms with Crippen LogP contribution in [0.15, 0.2) is 18.2 Å². The third kappa shape index (κ3) is 3.96. The van der Waals surface area contributed by atoms with Crippen molar-refractivity contribution in [1.82, 2.24) is 0 Å². The number of carbonyl (C=O) groups excluding carboxylic acids is 1. The molecular weight excluding hydrogens is 222 g/mol. The van der Waals surface area contributed by atoms with Crippen LogP contribution in [0.2, 0.25) is 0 Å². The molecule has 0 radical (unpaired) electrons. The van der Waals surface area contributed by atoms with E-state index in [4.69, 9.17) is 15.6 Å². The average Bonchev–Trinajstić information content (AvgIpc) is 2.30. The van der Waals surface area contributed by atoms with E-state index < -0.39 is 12.1 Å². The molecule has 0 bridgehead atoms. The summed E-state index contributed by atoms with van der Waals surface area (Å²) < 4.78 is 9.99. The molecule has 17 heavy (non-hydrogen) atoms. The lowest BCUT2D eigenvalue weighted by Crippen LogP contribution is -2.09. The highest BCUT2D eigenvalue weighted by atomic mass is 16.5. The largest absolute Gasteiger partial charge is 0.491 e. The molecule has 0 aliphatic rings. The summed E-state index contributed by atoms with van der Waals surface area (Å²) in [7, 11) is 1.31. The third-order valence-electron chi connectivity index (χ3n) is 2.23. The zero-order valence-electron chi connectivity index (χ0n) is 9.97. The van der Waals surface area contributed by atoms with Gasteiger partial charge < -0.3 is 20.3 Å². The lowest BCUT2D eigenvalue weighted by Gasteiger charge is -2.11. The summed E-state index contributed by atoms with van der Waals surface area (Å²) in [6, 6.07) is 4.69. The summed E-state index contributed by atoms with van der Waals surface area (Å²) in [5, 5.41) is 9.10. The Kier molecular flexibility index (Phi) is 4.78. The van der Waals surface area contributed by atoms with Crippen molar-refractivity contribution in [2.75, 3.05) is 19.5 Å². The molecule has 0 saturated carbocycles. The first-order valence-electron chi connectivity index (χ1n) is 5.33. The molecule has 0 heterocycles. The minimum atomic E-state index is -0.439. The smallest absolute Gasteiger partial charge is 0.337 e. The van der Waals surface area contributed by atoms with Gasteiger partial charge in [0.05, 0.1) is 31.1 Å². The number of nitrogen functional groups attached to an aromatic ring is 1. The lowest BCUT2D eigenvalue weighted by molar-refractivity contribution is 0.0600. The normalized spacial score (nSPS) is 11.9. The van der Waals surface area contributed by atoms with Crippen molar-refractivity contribution in [3.05, 3.63) is 23.8 Å². The quantitative estimate of drug-likeness (QED) is 0.596. The van der Waals surface area contributed by atoms with E-state index in [2.05, 4.69) is 4.74 Å². The summed E-state index contributed by atoms with van der Waals surface area (Å²) in [4.78, 5) is 11.3. The van der Waals surface area contributed by atoms with Crippen LogP contribution >= 0.6 is 0 Å². The van der Waals surface area contributed by atoms with Gasteiger partial charge >= 0.3 is 5.97 Å². The Morgan fingerprint density at radius 3 is 2.82 bits per heavy atom. The van der Waals surface area contributed by atoms with E-state index >= 15 is 0 Å². The Labute approximate surface area is 100 Å². The number of aliphatic hydroxyl groups is 1. The Morgan fingerprint density at radius 1 is 1.53 bits per heavy atom. The Balaban J connectivity index is 2.73. The second-order valence-electron chi connectivity index (χ2n) is 3.73. The number of anilines is 1. The van der Waals surface area contributed by atoms with Gasteiger partial charge in [-0.3, -0.25) is 0 Å². The number of rotatable bonds is 5. The number of aliphatic hydroxyl groups excluding tert-OH is 1. The van der Waals surface area contributed by atoms with Crippen LogP contribution in [0.25, 0.3) is 0 Å². The van der Waals surface area contributed by atoms with Crippen LogP contribution in [0.4, 0.5) is 5.69 Å². The van der Waals surface area contributed by atoms with Gasteiger partial charge in [-0.2, -0.15) is 0 Å². The molecule has 1 aromatic rings. The van der Waals surface area contributed by atoms with Gasteiger partial charge in [0.2, 0.25) is 0 Å². The van der Waals surface area contributed by atoms with E-state index in [1.165, 1.54) is 13.2 Å². The standard InChI is InChI=1S/C12H17NO4/c1-8(14)5-6-17-11-7-9(12(15)16-2)3-4-10(11)13/h3-4,7-8,14H,5-6,13H2,1-2H3. The number of nitrogens with two attached hydrogens (primary N) is 1. The van der Waals surface area contributed by atoms with E-state index in [0.717, 1.165) is 0 Å². The zero-order chi connectivity index (χ0) is 12.8. The predicted octanol–water partition coefficient (Wildman–Crippen LogP) is 1.21. The molecule has 1 atom stereocenters. The van der Waals surface area contributed by atoms with E-state index in [1.807, 2.05) is 0 Å². The van der Waals surface area contributed by atoms with E-state index in [1.54, 1.807) is 19.1 Å². The molecular formula is C12H17NO4. The maximum Gasteiger partial charge on any atom is 0.337 e. The van der Waals surface area contributed by atoms with E-state index in [-0.39, 0.29) is 0 Å². The van der Waals surface area contributed by atoms with Gasteiger partial charge in [0.15, 0.2) is 0 Å². The Bertz CT molecular complexity index is 390. The van der Waals surface area contributed by atoms with Crippen molar-refractivity contribution in [3.8, 4) is 5.75 Å². The molecule has 0 aliphatic carbocycles. The predicted molar refractivity (Wildman–Crippen MR) is 64.0 cm³/mol. The molecule has 0 fully saturated rings. The second-order valence-corrected chi connectivity index (χ2v) is 3.73. The number of hydrogen-bond acceptors (Lipinski definition) is 5. The van der Waals surface area contributed by atoms with Crippen LogP contribution in [-0.4, -0.2) is 30.9 Å². The van der Waals surface area contributed by atoms with Gasteiger partial charge in [-0.1, -0.05) is 0 Å². The monoisotopic (exact) mass is 239 g/mol. The molecule has 3 N–H and O–H groups in total. The highest BCUT2D eigenvalue weighted by molar-refractivity contribution is 5.90. The van der Waals surface area contributed by atoms with Gasteiger partial charge in [-0.15, -0.1) is 0 Å². The average molecular weight is 239 g/mol. The number of esters is 1. The van der Waals surface area contributed by atoms with Gasteiger partial charge in [-0.05, 0) is 25.1 Å². The van der Waals surface area contributed by atoms with Crippen LogP contribution in [0.3, 0.4) is 0 Å². The number of methoxy groups -OCH3 is 1. The minimum Gasteiger partial charge on any atom is -0.491 e.